The van der Waals surface area contributed by atoms with Gasteiger partial charge in [0, 0.05) is 0 Å². The molecule has 0 heterocycles. The molecular weight excluding hydrogens is 175 g/mol. The van der Waals surface area contributed by atoms with E-state index in [1.807, 2.05) is 6.08 Å². The molecule has 0 aliphatic heterocycles. The van der Waals surface area contributed by atoms with Crippen LogP contribution in [0.25, 0.3) is 0 Å². The predicted molar refractivity (Wildman–Crippen MR) is 61.9 cm³/mol. The summed E-state index contributed by atoms with van der Waals surface area (Å²) in [5.41, 5.74) is 0.102. The normalized spacial score (nSPS) is 18.1. The second-order valence-corrected chi connectivity index (χ2v) is 4.33. The Morgan fingerprint density at radius 2 is 2.07 bits per heavy atom. The van der Waals surface area contributed by atoms with Gasteiger partial charge in [0.05, 0.1) is 0 Å². The molecular formula is C13H23F. The lowest BCUT2D eigenvalue weighted by molar-refractivity contribution is 0.249. The van der Waals surface area contributed by atoms with E-state index >= 15 is 0 Å². The molecule has 0 aliphatic carbocycles. The molecule has 0 fully saturated rings. The summed E-state index contributed by atoms with van der Waals surface area (Å²) < 4.78 is 12.5. The Kier molecular flexibility index (Phi) is 5.75. The van der Waals surface area contributed by atoms with Crippen molar-refractivity contribution in [3.8, 4) is 0 Å². The smallest absolute Gasteiger partial charge is 0.115 e. The first-order chi connectivity index (χ1) is 6.46. The SMILES string of the molecule is C=C(F)/C=C\C(C)(CC)C(C)CCC. The molecule has 0 N–H and O–H groups in total. The summed E-state index contributed by atoms with van der Waals surface area (Å²) in [7, 11) is 0. The number of hydrogen-bond acceptors (Lipinski definition) is 0. The monoisotopic (exact) mass is 198 g/mol. The molecule has 0 nitrogen and oxygen atoms in total. The average molecular weight is 198 g/mol. The van der Waals surface area contributed by atoms with Crippen LogP contribution >= 0.6 is 0 Å². The molecule has 0 aliphatic rings. The van der Waals surface area contributed by atoms with Gasteiger partial charge in [-0.1, -0.05) is 53.2 Å². The Labute approximate surface area is 87.9 Å². The Morgan fingerprint density at radius 1 is 1.50 bits per heavy atom. The molecule has 0 aromatic rings. The Bertz CT molecular complexity index is 205. The minimum atomic E-state index is -0.353. The maximum Gasteiger partial charge on any atom is 0.115 e. The van der Waals surface area contributed by atoms with E-state index in [0.29, 0.717) is 5.92 Å². The van der Waals surface area contributed by atoms with Crippen LogP contribution in [0.1, 0.15) is 47.0 Å². The standard InChI is InChI=1S/C13H23F/c1-6-8-11(3)13(5,7-2)10-9-12(4)14/h9-11H,4,6-8H2,1-3,5H3/b10-9-. The third-order valence-corrected chi connectivity index (χ3v) is 3.25. The first-order valence-electron chi connectivity index (χ1n) is 5.50. The molecule has 0 radical (unpaired) electrons. The second kappa shape index (κ2) is 6.00. The highest BCUT2D eigenvalue weighted by atomic mass is 19.1. The third-order valence-electron chi connectivity index (χ3n) is 3.25. The molecule has 0 aromatic heterocycles. The predicted octanol–water partition coefficient (Wildman–Crippen LogP) is 4.88. The lowest BCUT2D eigenvalue weighted by Gasteiger charge is -2.31. The fraction of sp³-hybridized carbons (Fsp3) is 0.692. The lowest BCUT2D eigenvalue weighted by atomic mass is 9.73. The first kappa shape index (κ1) is 13.4. The summed E-state index contributed by atoms with van der Waals surface area (Å²) in [4.78, 5) is 0. The van der Waals surface area contributed by atoms with Crippen molar-refractivity contribution in [3.05, 3.63) is 24.6 Å². The summed E-state index contributed by atoms with van der Waals surface area (Å²) in [5.74, 6) is 0.237. The average Bonchev–Trinajstić information content (AvgIpc) is 2.14. The van der Waals surface area contributed by atoms with Crippen molar-refractivity contribution in [2.75, 3.05) is 0 Å². The summed E-state index contributed by atoms with van der Waals surface area (Å²) in [5, 5.41) is 0. The van der Waals surface area contributed by atoms with E-state index in [4.69, 9.17) is 0 Å². The summed E-state index contributed by atoms with van der Waals surface area (Å²) in [6.07, 6.45) is 6.87. The van der Waals surface area contributed by atoms with Gasteiger partial charge in [-0.3, -0.25) is 0 Å². The second-order valence-electron chi connectivity index (χ2n) is 4.33. The Morgan fingerprint density at radius 3 is 2.43 bits per heavy atom. The lowest BCUT2D eigenvalue weighted by Crippen LogP contribution is -2.22. The van der Waals surface area contributed by atoms with Crippen molar-refractivity contribution < 1.29 is 4.39 Å². The van der Waals surface area contributed by atoms with Crippen LogP contribution < -0.4 is 0 Å². The molecule has 0 rings (SSSR count). The first-order valence-corrected chi connectivity index (χ1v) is 5.50. The van der Waals surface area contributed by atoms with Crippen LogP contribution in [-0.2, 0) is 0 Å². The third kappa shape index (κ3) is 4.08. The van der Waals surface area contributed by atoms with Gasteiger partial charge in [0.25, 0.3) is 0 Å². The van der Waals surface area contributed by atoms with Crippen LogP contribution in [0.15, 0.2) is 24.6 Å². The van der Waals surface area contributed by atoms with Gasteiger partial charge in [-0.15, -0.1) is 0 Å². The minimum Gasteiger partial charge on any atom is -0.208 e. The van der Waals surface area contributed by atoms with Crippen molar-refractivity contribution in [2.45, 2.75) is 47.0 Å². The molecule has 0 saturated carbocycles. The van der Waals surface area contributed by atoms with E-state index in [9.17, 15) is 4.39 Å². The van der Waals surface area contributed by atoms with Crippen LogP contribution in [0.5, 0.6) is 0 Å². The van der Waals surface area contributed by atoms with Gasteiger partial charge in [0.1, 0.15) is 5.83 Å². The molecule has 0 bridgehead atoms. The van der Waals surface area contributed by atoms with Crippen LogP contribution in [0, 0.1) is 11.3 Å². The van der Waals surface area contributed by atoms with E-state index in [2.05, 4.69) is 34.3 Å². The Hall–Kier alpha value is -0.590. The van der Waals surface area contributed by atoms with Gasteiger partial charge in [0.2, 0.25) is 0 Å². The molecule has 82 valence electrons. The van der Waals surface area contributed by atoms with E-state index in [0.717, 1.165) is 6.42 Å². The Balaban J connectivity index is 4.52. The van der Waals surface area contributed by atoms with Gasteiger partial charge in [-0.2, -0.15) is 0 Å². The quantitative estimate of drug-likeness (QED) is 0.534. The molecule has 1 heteroatoms. The van der Waals surface area contributed by atoms with E-state index in [1.165, 1.54) is 18.9 Å². The van der Waals surface area contributed by atoms with Crippen LogP contribution in [-0.4, -0.2) is 0 Å². The molecule has 0 saturated heterocycles. The largest absolute Gasteiger partial charge is 0.208 e. The molecule has 2 unspecified atom stereocenters. The van der Waals surface area contributed by atoms with Crippen LogP contribution in [0.4, 0.5) is 4.39 Å². The molecule has 0 aromatic carbocycles. The van der Waals surface area contributed by atoms with Crippen molar-refractivity contribution >= 4 is 0 Å². The summed E-state index contributed by atoms with van der Waals surface area (Å²) >= 11 is 0. The van der Waals surface area contributed by atoms with Crippen LogP contribution in [0.3, 0.4) is 0 Å². The maximum atomic E-state index is 12.5. The molecule has 2 atom stereocenters. The number of halogens is 1. The fourth-order valence-electron chi connectivity index (χ4n) is 1.67. The van der Waals surface area contributed by atoms with Gasteiger partial charge in [-0.25, -0.2) is 4.39 Å². The minimum absolute atomic E-state index is 0.102. The topological polar surface area (TPSA) is 0 Å². The van der Waals surface area contributed by atoms with Gasteiger partial charge < -0.3 is 0 Å². The van der Waals surface area contributed by atoms with E-state index < -0.39 is 0 Å². The zero-order valence-corrected chi connectivity index (χ0v) is 9.94. The highest BCUT2D eigenvalue weighted by Gasteiger charge is 2.25. The zero-order chi connectivity index (χ0) is 11.2. The highest BCUT2D eigenvalue weighted by molar-refractivity contribution is 5.11. The van der Waals surface area contributed by atoms with E-state index in [1.54, 1.807) is 0 Å². The summed E-state index contributed by atoms with van der Waals surface area (Å²) in [6, 6.07) is 0. The van der Waals surface area contributed by atoms with Crippen molar-refractivity contribution in [1.82, 2.24) is 0 Å². The highest BCUT2D eigenvalue weighted by Crippen LogP contribution is 2.35. The zero-order valence-electron chi connectivity index (χ0n) is 9.94. The molecule has 0 amide bonds. The van der Waals surface area contributed by atoms with Gasteiger partial charge >= 0.3 is 0 Å². The van der Waals surface area contributed by atoms with Crippen molar-refractivity contribution in [2.24, 2.45) is 11.3 Å². The molecule has 0 spiro atoms. The number of allylic oxidation sites excluding steroid dienone is 3. The van der Waals surface area contributed by atoms with E-state index in [-0.39, 0.29) is 11.2 Å². The number of hydrogen-bond donors (Lipinski definition) is 0. The van der Waals surface area contributed by atoms with Gasteiger partial charge in [-0.05, 0) is 23.8 Å². The van der Waals surface area contributed by atoms with Crippen molar-refractivity contribution in [1.29, 1.82) is 0 Å². The maximum absolute atomic E-state index is 12.5. The summed E-state index contributed by atoms with van der Waals surface area (Å²) in [6.45, 7) is 12.0. The number of rotatable bonds is 6. The fourth-order valence-corrected chi connectivity index (χ4v) is 1.67. The van der Waals surface area contributed by atoms with Gasteiger partial charge in [0.15, 0.2) is 0 Å². The van der Waals surface area contributed by atoms with Crippen LogP contribution in [0.2, 0.25) is 0 Å². The molecule has 14 heavy (non-hydrogen) atoms. The van der Waals surface area contributed by atoms with Crippen molar-refractivity contribution in [3.63, 3.8) is 0 Å².